The number of aromatic nitrogens is 5. The van der Waals surface area contributed by atoms with Crippen molar-refractivity contribution >= 4 is 33.2 Å². The molecule has 0 bridgehead atoms. The lowest BCUT2D eigenvalue weighted by Gasteiger charge is -2.14. The van der Waals surface area contributed by atoms with Crippen LogP contribution in [0.1, 0.15) is 77.0 Å². The number of unbranched alkanes of at least 4 members (excludes halogenated alkanes) is 4. The van der Waals surface area contributed by atoms with Crippen LogP contribution in [0.5, 0.6) is 0 Å². The van der Waals surface area contributed by atoms with Crippen LogP contribution in [0.3, 0.4) is 0 Å². The van der Waals surface area contributed by atoms with E-state index in [4.69, 9.17) is 15.0 Å². The van der Waals surface area contributed by atoms with Gasteiger partial charge in [0.2, 0.25) is 0 Å². The second-order valence-corrected chi connectivity index (χ2v) is 9.62. The molecule has 4 aromatic rings. The van der Waals surface area contributed by atoms with E-state index in [1.807, 2.05) is 35.8 Å². The topological polar surface area (TPSA) is 65.6 Å². The normalized spacial score (nSPS) is 14.4. The van der Waals surface area contributed by atoms with Crippen molar-refractivity contribution < 1.29 is 0 Å². The molecule has 0 unspecified atom stereocenters. The summed E-state index contributed by atoms with van der Waals surface area (Å²) in [6.07, 6.45) is 14.1. The van der Waals surface area contributed by atoms with Crippen LogP contribution < -0.4 is 5.56 Å². The lowest BCUT2D eigenvalue weighted by molar-refractivity contribution is 0.545. The summed E-state index contributed by atoms with van der Waals surface area (Å²) >= 11 is 0. The van der Waals surface area contributed by atoms with Crippen molar-refractivity contribution in [3.63, 3.8) is 0 Å². The van der Waals surface area contributed by atoms with Crippen molar-refractivity contribution in [3.8, 4) is 0 Å². The summed E-state index contributed by atoms with van der Waals surface area (Å²) in [5, 5.41) is 0.616. The highest BCUT2D eigenvalue weighted by molar-refractivity contribution is 6.04. The Balaban J connectivity index is 1.62. The van der Waals surface area contributed by atoms with Crippen molar-refractivity contribution in [3.05, 3.63) is 52.1 Å². The minimum Gasteiger partial charge on any atom is -0.308 e. The Bertz CT molecular complexity index is 1410. The molecule has 0 N–H and O–H groups in total. The molecule has 1 aromatic carbocycles. The summed E-state index contributed by atoms with van der Waals surface area (Å²) in [7, 11) is 0. The highest BCUT2D eigenvalue weighted by Gasteiger charge is 2.21. The molecule has 0 aliphatic heterocycles. The molecule has 0 atom stereocenters. The van der Waals surface area contributed by atoms with E-state index in [1.165, 1.54) is 50.5 Å². The number of rotatable bonds is 9. The van der Waals surface area contributed by atoms with Crippen molar-refractivity contribution in [2.45, 2.75) is 91.1 Å². The Morgan fingerprint density at radius 1 is 0.882 bits per heavy atom. The standard InChI is InChI=1S/C28H35N5O/c1-3-4-5-6-12-18-32-20(2)29-26-24(28(32)34)25-27(31-23-16-11-10-15-22(23)30-25)33(26)19-17-21-13-8-7-9-14-21/h10-11,13,15-16H,3-9,12,14,17-19H2,1-2H3. The zero-order chi connectivity index (χ0) is 23.5. The predicted molar refractivity (Wildman–Crippen MR) is 139 cm³/mol. The number of para-hydroxylation sites is 2. The number of hydrogen-bond donors (Lipinski definition) is 0. The zero-order valence-electron chi connectivity index (χ0n) is 20.5. The van der Waals surface area contributed by atoms with E-state index in [0.29, 0.717) is 17.4 Å². The maximum absolute atomic E-state index is 13.8. The summed E-state index contributed by atoms with van der Waals surface area (Å²) in [4.78, 5) is 28.6. The van der Waals surface area contributed by atoms with Crippen molar-refractivity contribution in [1.82, 2.24) is 24.1 Å². The van der Waals surface area contributed by atoms with Crippen LogP contribution in [0.2, 0.25) is 0 Å². The van der Waals surface area contributed by atoms with Gasteiger partial charge in [-0.3, -0.25) is 9.36 Å². The van der Waals surface area contributed by atoms with Crippen molar-refractivity contribution in [1.29, 1.82) is 0 Å². The third kappa shape index (κ3) is 4.38. The van der Waals surface area contributed by atoms with Gasteiger partial charge in [-0.05, 0) is 57.6 Å². The SMILES string of the molecule is CCCCCCCn1c(C)nc2c(c1=O)c1nc3ccccc3nc1n2CCC1=CCCCC1. The van der Waals surface area contributed by atoms with Gasteiger partial charge in [0.1, 0.15) is 16.7 Å². The number of benzene rings is 1. The Morgan fingerprint density at radius 2 is 1.68 bits per heavy atom. The number of nitrogens with zero attached hydrogens (tertiary/aromatic N) is 5. The van der Waals surface area contributed by atoms with E-state index in [0.717, 1.165) is 54.0 Å². The van der Waals surface area contributed by atoms with E-state index in [1.54, 1.807) is 0 Å². The van der Waals surface area contributed by atoms with Crippen LogP contribution in [0.25, 0.3) is 33.2 Å². The molecule has 0 amide bonds. The van der Waals surface area contributed by atoms with Gasteiger partial charge < -0.3 is 4.57 Å². The fraction of sp³-hybridized carbons (Fsp3) is 0.500. The van der Waals surface area contributed by atoms with E-state index in [-0.39, 0.29) is 5.56 Å². The van der Waals surface area contributed by atoms with E-state index >= 15 is 0 Å². The monoisotopic (exact) mass is 457 g/mol. The molecule has 6 nitrogen and oxygen atoms in total. The van der Waals surface area contributed by atoms with Gasteiger partial charge in [0.25, 0.3) is 5.56 Å². The number of allylic oxidation sites excluding steroid dienone is 2. The highest BCUT2D eigenvalue weighted by Crippen LogP contribution is 2.28. The third-order valence-corrected chi connectivity index (χ3v) is 7.17. The Labute approximate surface area is 200 Å². The summed E-state index contributed by atoms with van der Waals surface area (Å²) in [5.74, 6) is 0.776. The second-order valence-electron chi connectivity index (χ2n) is 9.62. The van der Waals surface area contributed by atoms with Crippen LogP contribution >= 0.6 is 0 Å². The molecule has 0 spiro atoms. The second kappa shape index (κ2) is 10.1. The first-order valence-electron chi connectivity index (χ1n) is 13.0. The van der Waals surface area contributed by atoms with Gasteiger partial charge in [-0.2, -0.15) is 0 Å². The molecule has 1 aliphatic carbocycles. The Kier molecular flexibility index (Phi) is 6.75. The number of aryl methyl sites for hydroxylation is 2. The molecule has 0 radical (unpaired) electrons. The Hall–Kier alpha value is -3.02. The average molecular weight is 458 g/mol. The molecule has 178 valence electrons. The largest absolute Gasteiger partial charge is 0.308 e. The molecule has 0 saturated heterocycles. The molecule has 1 aliphatic rings. The van der Waals surface area contributed by atoms with Gasteiger partial charge in [0, 0.05) is 13.1 Å². The molecule has 0 fully saturated rings. The molecule has 5 rings (SSSR count). The summed E-state index contributed by atoms with van der Waals surface area (Å²) in [6.45, 7) is 5.65. The van der Waals surface area contributed by atoms with Crippen molar-refractivity contribution in [2.75, 3.05) is 0 Å². The smallest absolute Gasteiger partial charge is 0.265 e. The summed E-state index contributed by atoms with van der Waals surface area (Å²) in [5.41, 5.74) is 5.37. The van der Waals surface area contributed by atoms with Gasteiger partial charge >= 0.3 is 0 Å². The minimum atomic E-state index is 0.0169. The van der Waals surface area contributed by atoms with Gasteiger partial charge in [-0.25, -0.2) is 15.0 Å². The molecule has 3 aromatic heterocycles. The van der Waals surface area contributed by atoms with Gasteiger partial charge in [0.15, 0.2) is 11.3 Å². The molecular weight excluding hydrogens is 422 g/mol. The molecule has 34 heavy (non-hydrogen) atoms. The highest BCUT2D eigenvalue weighted by atomic mass is 16.1. The quantitative estimate of drug-likeness (QED) is 0.214. The van der Waals surface area contributed by atoms with E-state index < -0.39 is 0 Å². The lowest BCUT2D eigenvalue weighted by atomic mass is 9.97. The zero-order valence-corrected chi connectivity index (χ0v) is 20.5. The summed E-state index contributed by atoms with van der Waals surface area (Å²) in [6, 6.07) is 7.90. The minimum absolute atomic E-state index is 0.0169. The third-order valence-electron chi connectivity index (χ3n) is 7.17. The molecular formula is C28H35N5O. The van der Waals surface area contributed by atoms with E-state index in [9.17, 15) is 4.79 Å². The fourth-order valence-corrected chi connectivity index (χ4v) is 5.23. The first-order valence-corrected chi connectivity index (χ1v) is 13.0. The van der Waals surface area contributed by atoms with E-state index in [2.05, 4.69) is 17.6 Å². The molecule has 3 heterocycles. The number of hydrogen-bond acceptors (Lipinski definition) is 4. The van der Waals surface area contributed by atoms with Gasteiger partial charge in [-0.1, -0.05) is 56.4 Å². The van der Waals surface area contributed by atoms with Crippen LogP contribution in [-0.2, 0) is 13.1 Å². The maximum atomic E-state index is 13.8. The fourth-order valence-electron chi connectivity index (χ4n) is 5.23. The lowest BCUT2D eigenvalue weighted by Crippen LogP contribution is -2.24. The Morgan fingerprint density at radius 3 is 2.44 bits per heavy atom. The molecule has 6 heteroatoms. The summed E-state index contributed by atoms with van der Waals surface area (Å²) < 4.78 is 3.98. The average Bonchev–Trinajstić information content (AvgIpc) is 3.15. The maximum Gasteiger partial charge on any atom is 0.265 e. The van der Waals surface area contributed by atoms with Gasteiger partial charge in [-0.15, -0.1) is 0 Å². The van der Waals surface area contributed by atoms with Crippen molar-refractivity contribution in [2.24, 2.45) is 0 Å². The first-order chi connectivity index (χ1) is 16.7. The van der Waals surface area contributed by atoms with Gasteiger partial charge in [0.05, 0.1) is 11.0 Å². The number of fused-ring (bicyclic) bond motifs is 4. The van der Waals surface area contributed by atoms with Crippen LogP contribution in [0.4, 0.5) is 0 Å². The molecule has 0 saturated carbocycles. The predicted octanol–water partition coefficient (Wildman–Crippen LogP) is 6.46. The van der Waals surface area contributed by atoms with Crippen LogP contribution in [0.15, 0.2) is 40.7 Å². The first kappa shape index (κ1) is 22.8. The van der Waals surface area contributed by atoms with Crippen LogP contribution in [-0.4, -0.2) is 24.1 Å². The van der Waals surface area contributed by atoms with Crippen LogP contribution in [0, 0.1) is 6.92 Å².